The Morgan fingerprint density at radius 1 is 1.16 bits per heavy atom. The van der Waals surface area contributed by atoms with E-state index in [9.17, 15) is 8.42 Å². The van der Waals surface area contributed by atoms with Gasteiger partial charge >= 0.3 is 0 Å². The molecule has 0 atom stereocenters. The third-order valence-electron chi connectivity index (χ3n) is 5.80. The number of aromatic nitrogens is 4. The van der Waals surface area contributed by atoms with Gasteiger partial charge in [0, 0.05) is 17.1 Å². The van der Waals surface area contributed by atoms with Crippen LogP contribution in [0.4, 0.5) is 5.69 Å². The zero-order valence-corrected chi connectivity index (χ0v) is 19.8. The maximum Gasteiger partial charge on any atom is 0.236 e. The van der Waals surface area contributed by atoms with Crippen molar-refractivity contribution in [1.29, 1.82) is 0 Å². The Morgan fingerprint density at radius 3 is 2.59 bits per heavy atom. The molecule has 166 valence electrons. The Kier molecular flexibility index (Phi) is 4.38. The monoisotopic (exact) mass is 471 g/mol. The molecule has 1 aliphatic rings. The molecule has 8 nitrogen and oxygen atoms in total. The van der Waals surface area contributed by atoms with Crippen molar-refractivity contribution in [2.75, 3.05) is 18.7 Å². The SMILES string of the molecule is COc1c(-c2cccc3c2ccn3S(C)(=O)=O)cc(Cl)c2c1-n1c(C)nnc1C(C)(C)N2. The van der Waals surface area contributed by atoms with Crippen LogP contribution in [-0.2, 0) is 15.6 Å². The zero-order chi connectivity index (χ0) is 23.0. The van der Waals surface area contributed by atoms with E-state index >= 15 is 0 Å². The molecule has 0 saturated heterocycles. The van der Waals surface area contributed by atoms with Gasteiger partial charge in [-0.15, -0.1) is 10.2 Å². The van der Waals surface area contributed by atoms with Crippen LogP contribution in [0.15, 0.2) is 36.5 Å². The van der Waals surface area contributed by atoms with Gasteiger partial charge in [-0.2, -0.15) is 0 Å². The molecule has 0 unspecified atom stereocenters. The highest BCUT2D eigenvalue weighted by Crippen LogP contribution is 2.50. The molecule has 0 aliphatic carbocycles. The van der Waals surface area contributed by atoms with Gasteiger partial charge in [0.2, 0.25) is 10.0 Å². The van der Waals surface area contributed by atoms with Gasteiger partial charge in [0.1, 0.15) is 11.5 Å². The second kappa shape index (κ2) is 6.73. The van der Waals surface area contributed by atoms with Crippen LogP contribution in [0, 0.1) is 6.92 Å². The first-order valence-corrected chi connectivity index (χ1v) is 12.2. The van der Waals surface area contributed by atoms with Crippen LogP contribution in [0.5, 0.6) is 5.75 Å². The number of methoxy groups -OCH3 is 1. The summed E-state index contributed by atoms with van der Waals surface area (Å²) in [7, 11) is -1.84. The number of hydrogen-bond donors (Lipinski definition) is 1. The number of hydrogen-bond acceptors (Lipinski definition) is 6. The first-order chi connectivity index (χ1) is 15.0. The summed E-state index contributed by atoms with van der Waals surface area (Å²) < 4.78 is 33.6. The molecule has 0 radical (unpaired) electrons. The second-order valence-electron chi connectivity index (χ2n) is 8.43. The summed E-state index contributed by atoms with van der Waals surface area (Å²) in [5.41, 5.74) is 3.11. The molecule has 4 aromatic rings. The van der Waals surface area contributed by atoms with E-state index < -0.39 is 15.6 Å². The van der Waals surface area contributed by atoms with Gasteiger partial charge < -0.3 is 10.1 Å². The molecular formula is C22H22ClN5O3S. The highest BCUT2D eigenvalue weighted by atomic mass is 35.5. The van der Waals surface area contributed by atoms with Gasteiger partial charge in [-0.05, 0) is 44.5 Å². The topological polar surface area (TPSA) is 91.0 Å². The molecule has 0 saturated carbocycles. The zero-order valence-electron chi connectivity index (χ0n) is 18.3. The fourth-order valence-electron chi connectivity index (χ4n) is 4.43. The van der Waals surface area contributed by atoms with Crippen LogP contribution < -0.4 is 10.1 Å². The van der Waals surface area contributed by atoms with Gasteiger partial charge in [-0.25, -0.2) is 12.4 Å². The largest absolute Gasteiger partial charge is 0.494 e. The van der Waals surface area contributed by atoms with Crippen molar-refractivity contribution in [3.63, 3.8) is 0 Å². The number of aryl methyl sites for hydroxylation is 1. The summed E-state index contributed by atoms with van der Waals surface area (Å²) in [4.78, 5) is 0. The summed E-state index contributed by atoms with van der Waals surface area (Å²) in [5.74, 6) is 2.05. The highest BCUT2D eigenvalue weighted by Gasteiger charge is 2.38. The fourth-order valence-corrected chi connectivity index (χ4v) is 5.47. The lowest BCUT2D eigenvalue weighted by Gasteiger charge is -2.35. The summed E-state index contributed by atoms with van der Waals surface area (Å²) in [6.07, 6.45) is 2.74. The minimum absolute atomic E-state index is 0.489. The highest BCUT2D eigenvalue weighted by molar-refractivity contribution is 7.89. The van der Waals surface area contributed by atoms with Gasteiger partial charge in [0.25, 0.3) is 0 Å². The number of halogens is 1. The lowest BCUT2D eigenvalue weighted by atomic mass is 9.95. The summed E-state index contributed by atoms with van der Waals surface area (Å²) >= 11 is 6.79. The van der Waals surface area contributed by atoms with Crippen LogP contribution in [0.2, 0.25) is 5.02 Å². The Hall–Kier alpha value is -3.04. The quantitative estimate of drug-likeness (QED) is 0.478. The molecule has 2 aromatic heterocycles. The minimum atomic E-state index is -3.45. The van der Waals surface area contributed by atoms with Crippen molar-refractivity contribution in [3.8, 4) is 22.6 Å². The van der Waals surface area contributed by atoms with Crippen molar-refractivity contribution in [3.05, 3.63) is 53.2 Å². The molecule has 0 bridgehead atoms. The first kappa shape index (κ1) is 20.8. The van der Waals surface area contributed by atoms with E-state index in [4.69, 9.17) is 16.3 Å². The smallest absolute Gasteiger partial charge is 0.236 e. The van der Waals surface area contributed by atoms with Crippen molar-refractivity contribution >= 4 is 38.2 Å². The molecular weight excluding hydrogens is 450 g/mol. The van der Waals surface area contributed by atoms with Crippen LogP contribution in [0.1, 0.15) is 25.5 Å². The molecule has 32 heavy (non-hydrogen) atoms. The van der Waals surface area contributed by atoms with Crippen LogP contribution in [-0.4, -0.2) is 40.5 Å². The van der Waals surface area contributed by atoms with Crippen molar-refractivity contribution < 1.29 is 13.2 Å². The Bertz CT molecular complexity index is 1520. The normalized spacial score (nSPS) is 14.7. The molecule has 5 rings (SSSR count). The lowest BCUT2D eigenvalue weighted by Crippen LogP contribution is -2.36. The minimum Gasteiger partial charge on any atom is -0.494 e. The van der Waals surface area contributed by atoms with Gasteiger partial charge in [0.05, 0.1) is 35.1 Å². The number of fused-ring (bicyclic) bond motifs is 4. The number of rotatable bonds is 3. The molecule has 10 heteroatoms. The molecule has 0 amide bonds. The first-order valence-electron chi connectivity index (χ1n) is 9.97. The molecule has 0 spiro atoms. The second-order valence-corrected chi connectivity index (χ2v) is 10.7. The van der Waals surface area contributed by atoms with E-state index in [2.05, 4.69) is 15.5 Å². The fraction of sp³-hybridized carbons (Fsp3) is 0.273. The third kappa shape index (κ3) is 2.84. The number of ether oxygens (including phenoxy) is 1. The predicted octanol–water partition coefficient (Wildman–Crippen LogP) is 4.33. The molecule has 2 aromatic carbocycles. The van der Waals surface area contributed by atoms with E-state index in [1.807, 2.05) is 43.5 Å². The standard InChI is InChI=1S/C22H22ClN5O3S/c1-12-25-26-21-22(2,3)24-18-16(23)11-15(20(31-4)19(18)28(12)21)13-7-6-8-17-14(13)9-10-27(17)32(5,29)30/h6-11,24H,1-5H3. The maximum atomic E-state index is 12.2. The van der Waals surface area contributed by atoms with Crippen molar-refractivity contribution in [2.45, 2.75) is 26.3 Å². The van der Waals surface area contributed by atoms with Gasteiger partial charge in [-0.1, -0.05) is 23.7 Å². The molecule has 1 aliphatic heterocycles. The summed E-state index contributed by atoms with van der Waals surface area (Å²) in [5, 5.41) is 13.4. The number of benzene rings is 2. The predicted molar refractivity (Wildman–Crippen MR) is 125 cm³/mol. The van der Waals surface area contributed by atoms with Gasteiger partial charge in [0.15, 0.2) is 11.6 Å². The number of nitrogens with zero attached hydrogens (tertiary/aromatic N) is 4. The Balaban J connectivity index is 1.87. The van der Waals surface area contributed by atoms with Crippen molar-refractivity contribution in [1.82, 2.24) is 18.7 Å². The maximum absolute atomic E-state index is 12.2. The molecule has 0 fully saturated rings. The van der Waals surface area contributed by atoms with E-state index in [-0.39, 0.29) is 0 Å². The van der Waals surface area contributed by atoms with Crippen LogP contribution >= 0.6 is 11.6 Å². The van der Waals surface area contributed by atoms with Crippen molar-refractivity contribution in [2.24, 2.45) is 0 Å². The molecule has 1 N–H and O–H groups in total. The average molecular weight is 472 g/mol. The molecule has 3 heterocycles. The number of anilines is 1. The average Bonchev–Trinajstić information content (AvgIpc) is 3.32. The van der Waals surface area contributed by atoms with Gasteiger partial charge in [-0.3, -0.25) is 4.57 Å². The van der Waals surface area contributed by atoms with Crippen LogP contribution in [0.25, 0.3) is 27.7 Å². The van der Waals surface area contributed by atoms with E-state index in [1.54, 1.807) is 25.4 Å². The summed E-state index contributed by atoms with van der Waals surface area (Å²) in [6.45, 7) is 5.91. The number of nitrogens with one attached hydrogen (secondary N) is 1. The lowest BCUT2D eigenvalue weighted by molar-refractivity contribution is 0.411. The van der Waals surface area contributed by atoms with E-state index in [0.29, 0.717) is 22.1 Å². The Morgan fingerprint density at radius 2 is 1.91 bits per heavy atom. The third-order valence-corrected chi connectivity index (χ3v) is 7.13. The van der Waals surface area contributed by atoms with E-state index in [0.717, 1.165) is 33.7 Å². The Labute approximate surface area is 190 Å². The van der Waals surface area contributed by atoms with E-state index in [1.165, 1.54) is 10.2 Å². The summed E-state index contributed by atoms with van der Waals surface area (Å²) in [6, 6.07) is 9.16. The van der Waals surface area contributed by atoms with Crippen LogP contribution in [0.3, 0.4) is 0 Å².